The molecule has 0 aliphatic carbocycles. The summed E-state index contributed by atoms with van der Waals surface area (Å²) in [7, 11) is 1.77. The Balaban J connectivity index is 0.00000420. The molecule has 7 heteroatoms. The number of methoxy groups -OCH3 is 1. The second-order valence-electron chi connectivity index (χ2n) is 7.52. The number of ether oxygens (including phenoxy) is 2. The number of hydrogen-bond acceptors (Lipinski definition) is 4. The van der Waals surface area contributed by atoms with Gasteiger partial charge in [-0.25, -0.2) is 4.99 Å². The van der Waals surface area contributed by atoms with E-state index in [1.54, 1.807) is 7.11 Å². The summed E-state index contributed by atoms with van der Waals surface area (Å²) in [5, 5.41) is 6.97. The molecule has 0 bridgehead atoms. The smallest absolute Gasteiger partial charge is 0.191 e. The van der Waals surface area contributed by atoms with Gasteiger partial charge in [0.2, 0.25) is 0 Å². The highest BCUT2D eigenvalue weighted by Crippen LogP contribution is 2.17. The van der Waals surface area contributed by atoms with Crippen LogP contribution >= 0.6 is 24.0 Å². The molecular formula is C22H39IN4O2. The zero-order valence-electron chi connectivity index (χ0n) is 18.4. The molecule has 1 aliphatic heterocycles. The summed E-state index contributed by atoms with van der Waals surface area (Å²) in [6, 6.07) is 8.59. The molecule has 1 fully saturated rings. The van der Waals surface area contributed by atoms with Gasteiger partial charge in [-0.15, -0.1) is 24.0 Å². The maximum absolute atomic E-state index is 6.04. The molecule has 1 atom stereocenters. The highest BCUT2D eigenvalue weighted by atomic mass is 127. The van der Waals surface area contributed by atoms with Gasteiger partial charge in [0.25, 0.3) is 0 Å². The molecule has 166 valence electrons. The molecule has 29 heavy (non-hydrogen) atoms. The van der Waals surface area contributed by atoms with Gasteiger partial charge in [0, 0.05) is 45.9 Å². The maximum atomic E-state index is 6.04. The standard InChI is InChI=1S/C22H38N4O2.HI/c1-5-23-22(24-17-19(3)28-21-10-7-6-9-18(21)2)25-20-11-14-26(15-12-20)13-8-16-27-4;/h6-7,9-10,19-20H,5,8,11-17H2,1-4H3,(H2,23,24,25);1H. The summed E-state index contributed by atoms with van der Waals surface area (Å²) in [6.45, 7) is 12.0. The van der Waals surface area contributed by atoms with Gasteiger partial charge in [0.15, 0.2) is 5.96 Å². The number of likely N-dealkylation sites (tertiary alicyclic amines) is 1. The lowest BCUT2D eigenvalue weighted by molar-refractivity contribution is 0.155. The molecule has 1 saturated heterocycles. The van der Waals surface area contributed by atoms with Gasteiger partial charge >= 0.3 is 0 Å². The number of rotatable bonds is 10. The summed E-state index contributed by atoms with van der Waals surface area (Å²) in [5.41, 5.74) is 1.15. The number of hydrogen-bond donors (Lipinski definition) is 2. The molecular weight excluding hydrogens is 479 g/mol. The number of aryl methyl sites for hydroxylation is 1. The highest BCUT2D eigenvalue weighted by molar-refractivity contribution is 14.0. The largest absolute Gasteiger partial charge is 0.489 e. The van der Waals surface area contributed by atoms with Crippen molar-refractivity contribution in [1.82, 2.24) is 15.5 Å². The molecule has 0 radical (unpaired) electrons. The summed E-state index contributed by atoms with van der Waals surface area (Å²) in [4.78, 5) is 7.28. The lowest BCUT2D eigenvalue weighted by Gasteiger charge is -2.33. The van der Waals surface area contributed by atoms with Gasteiger partial charge < -0.3 is 25.0 Å². The minimum atomic E-state index is 0. The van der Waals surface area contributed by atoms with E-state index in [1.807, 2.05) is 18.2 Å². The van der Waals surface area contributed by atoms with Crippen LogP contribution in [0.25, 0.3) is 0 Å². The van der Waals surface area contributed by atoms with Crippen molar-refractivity contribution in [2.75, 3.05) is 46.4 Å². The molecule has 1 aromatic rings. The van der Waals surface area contributed by atoms with Crippen LogP contribution < -0.4 is 15.4 Å². The Morgan fingerprint density at radius 3 is 2.66 bits per heavy atom. The summed E-state index contributed by atoms with van der Waals surface area (Å²) < 4.78 is 11.2. The summed E-state index contributed by atoms with van der Waals surface area (Å²) in [5.74, 6) is 1.82. The number of benzene rings is 1. The van der Waals surface area contributed by atoms with Crippen LogP contribution in [0, 0.1) is 6.92 Å². The third-order valence-electron chi connectivity index (χ3n) is 5.02. The number of nitrogens with zero attached hydrogens (tertiary/aromatic N) is 2. The Hall–Kier alpha value is -1.06. The van der Waals surface area contributed by atoms with Crippen molar-refractivity contribution in [3.05, 3.63) is 29.8 Å². The average molecular weight is 518 g/mol. The van der Waals surface area contributed by atoms with Crippen molar-refractivity contribution in [2.45, 2.75) is 52.2 Å². The van der Waals surface area contributed by atoms with E-state index in [2.05, 4.69) is 42.4 Å². The third kappa shape index (κ3) is 10.00. The van der Waals surface area contributed by atoms with Crippen LogP contribution in [0.4, 0.5) is 0 Å². The monoisotopic (exact) mass is 518 g/mol. The van der Waals surface area contributed by atoms with Crippen molar-refractivity contribution in [2.24, 2.45) is 4.99 Å². The molecule has 2 rings (SSSR count). The van der Waals surface area contributed by atoms with E-state index in [0.717, 1.165) is 69.3 Å². The van der Waals surface area contributed by atoms with Crippen LogP contribution in [0.3, 0.4) is 0 Å². The number of aliphatic imine (C=N–C) groups is 1. The number of halogens is 1. The Labute approximate surface area is 193 Å². The van der Waals surface area contributed by atoms with Crippen LogP contribution in [-0.4, -0.2) is 69.4 Å². The van der Waals surface area contributed by atoms with Gasteiger partial charge in [0.1, 0.15) is 11.9 Å². The van der Waals surface area contributed by atoms with Crippen LogP contribution in [0.5, 0.6) is 5.75 Å². The van der Waals surface area contributed by atoms with Crippen molar-refractivity contribution < 1.29 is 9.47 Å². The van der Waals surface area contributed by atoms with E-state index in [1.165, 1.54) is 0 Å². The van der Waals surface area contributed by atoms with Crippen LogP contribution in [0.15, 0.2) is 29.3 Å². The first-order valence-corrected chi connectivity index (χ1v) is 10.6. The first-order valence-electron chi connectivity index (χ1n) is 10.6. The predicted octanol–water partition coefficient (Wildman–Crippen LogP) is 3.44. The van der Waals surface area contributed by atoms with Crippen molar-refractivity contribution in [3.63, 3.8) is 0 Å². The Bertz CT molecular complexity index is 592. The lowest BCUT2D eigenvalue weighted by atomic mass is 10.1. The molecule has 1 unspecified atom stereocenters. The quantitative estimate of drug-likeness (QED) is 0.215. The van der Waals surface area contributed by atoms with Gasteiger partial charge in [-0.1, -0.05) is 18.2 Å². The van der Waals surface area contributed by atoms with E-state index < -0.39 is 0 Å². The number of para-hydroxylation sites is 1. The van der Waals surface area contributed by atoms with Gasteiger partial charge in [-0.3, -0.25) is 0 Å². The molecule has 0 spiro atoms. The summed E-state index contributed by atoms with van der Waals surface area (Å²) in [6.07, 6.45) is 3.43. The van der Waals surface area contributed by atoms with E-state index in [0.29, 0.717) is 12.6 Å². The van der Waals surface area contributed by atoms with E-state index in [-0.39, 0.29) is 30.1 Å². The first-order chi connectivity index (χ1) is 13.6. The number of nitrogens with one attached hydrogen (secondary N) is 2. The van der Waals surface area contributed by atoms with Crippen molar-refractivity contribution in [1.29, 1.82) is 0 Å². The number of piperidine rings is 1. The van der Waals surface area contributed by atoms with E-state index >= 15 is 0 Å². The molecule has 0 aromatic heterocycles. The van der Waals surface area contributed by atoms with Crippen molar-refractivity contribution >= 4 is 29.9 Å². The Morgan fingerprint density at radius 2 is 2.00 bits per heavy atom. The minimum absolute atomic E-state index is 0. The second kappa shape index (κ2) is 14.8. The van der Waals surface area contributed by atoms with Gasteiger partial charge in [0.05, 0.1) is 6.54 Å². The Kier molecular flexibility index (Phi) is 13.3. The van der Waals surface area contributed by atoms with Gasteiger partial charge in [-0.2, -0.15) is 0 Å². The number of guanidine groups is 1. The molecule has 2 N–H and O–H groups in total. The van der Waals surface area contributed by atoms with E-state index in [4.69, 9.17) is 14.5 Å². The van der Waals surface area contributed by atoms with Crippen molar-refractivity contribution in [3.8, 4) is 5.75 Å². The lowest BCUT2D eigenvalue weighted by Crippen LogP contribution is -2.49. The minimum Gasteiger partial charge on any atom is -0.489 e. The second-order valence-corrected chi connectivity index (χ2v) is 7.52. The molecule has 0 amide bonds. The molecule has 0 saturated carbocycles. The van der Waals surface area contributed by atoms with Crippen LogP contribution in [0.1, 0.15) is 38.7 Å². The third-order valence-corrected chi connectivity index (χ3v) is 5.02. The molecule has 1 aromatic carbocycles. The topological polar surface area (TPSA) is 58.1 Å². The summed E-state index contributed by atoms with van der Waals surface area (Å²) >= 11 is 0. The Morgan fingerprint density at radius 1 is 1.28 bits per heavy atom. The van der Waals surface area contributed by atoms with Crippen LogP contribution in [0.2, 0.25) is 0 Å². The SMILES string of the molecule is CCNC(=NCC(C)Oc1ccccc1C)NC1CCN(CCCOC)CC1.I. The molecule has 1 aliphatic rings. The zero-order valence-corrected chi connectivity index (χ0v) is 20.8. The zero-order chi connectivity index (χ0) is 20.2. The molecule has 6 nitrogen and oxygen atoms in total. The predicted molar refractivity (Wildman–Crippen MR) is 132 cm³/mol. The van der Waals surface area contributed by atoms with Crippen LogP contribution in [-0.2, 0) is 4.74 Å². The van der Waals surface area contributed by atoms with E-state index in [9.17, 15) is 0 Å². The normalized spacial score (nSPS) is 16.8. The fourth-order valence-corrected chi connectivity index (χ4v) is 3.41. The first kappa shape index (κ1) is 26.0. The maximum Gasteiger partial charge on any atom is 0.191 e. The highest BCUT2D eigenvalue weighted by Gasteiger charge is 2.19. The fourth-order valence-electron chi connectivity index (χ4n) is 3.41. The van der Waals surface area contributed by atoms with Gasteiger partial charge in [-0.05, 0) is 51.7 Å². The molecule has 1 heterocycles. The fraction of sp³-hybridized carbons (Fsp3) is 0.682. The average Bonchev–Trinajstić information content (AvgIpc) is 2.69.